The molecular weight excluding hydrogens is 328 g/mol. The van der Waals surface area contributed by atoms with Gasteiger partial charge in [-0.1, -0.05) is 42.0 Å². The molecule has 0 spiro atoms. The molecule has 6 nitrogen and oxygen atoms in total. The van der Waals surface area contributed by atoms with E-state index >= 15 is 0 Å². The fourth-order valence-corrected chi connectivity index (χ4v) is 2.66. The normalized spacial score (nSPS) is 13.6. The van der Waals surface area contributed by atoms with Crippen LogP contribution in [0.1, 0.15) is 70.1 Å². The molecule has 24 heavy (non-hydrogen) atoms. The summed E-state index contributed by atoms with van der Waals surface area (Å²) in [5.74, 6) is -1.76. The third-order valence-electron chi connectivity index (χ3n) is 3.23. The molecule has 0 aliphatic rings. The van der Waals surface area contributed by atoms with E-state index in [2.05, 4.69) is 33.9 Å². The number of hydrogen-bond donors (Lipinski definition) is 3. The van der Waals surface area contributed by atoms with Crippen LogP contribution in [0.15, 0.2) is 0 Å². The van der Waals surface area contributed by atoms with Crippen LogP contribution >= 0.6 is 0 Å². The number of carbonyl (C=O) groups is 2. The Labute approximate surface area is 150 Å². The van der Waals surface area contributed by atoms with Crippen molar-refractivity contribution in [2.45, 2.75) is 99.1 Å². The lowest BCUT2D eigenvalue weighted by atomic mass is 10.2. The van der Waals surface area contributed by atoms with Crippen LogP contribution in [0.3, 0.4) is 0 Å². The third kappa shape index (κ3) is 19.1. The summed E-state index contributed by atoms with van der Waals surface area (Å²) in [6.07, 6.45) is -0.988. The van der Waals surface area contributed by atoms with Gasteiger partial charge >= 0.3 is 11.9 Å². The van der Waals surface area contributed by atoms with Crippen molar-refractivity contribution in [2.24, 2.45) is 0 Å². The topological polar surface area (TPSA) is 104 Å². The number of hydrogen-bond acceptors (Lipinski definition) is 4. The van der Waals surface area contributed by atoms with Crippen molar-refractivity contribution in [2.75, 3.05) is 0 Å². The zero-order chi connectivity index (χ0) is 20.1. The standard InChI is InChI=1S/C10H22O3Si.C4H8O3.C2H6.CH4/c1-8(7-9(11)12)13-14(5,6)10(2,3)4;1-3(5)2-4(6)7;1-2;/h8H,7H2,1-6H3,(H,11,12);3,5H,2H2,1H3,(H,6,7);1-2H3;1H4/i;;1D;. The molecule has 7 heteroatoms. The Balaban J connectivity index is -0.000000169. The molecule has 0 aliphatic heterocycles. The average Bonchev–Trinajstić information content (AvgIpc) is 2.24. The summed E-state index contributed by atoms with van der Waals surface area (Å²) in [7, 11) is -1.80. The quantitative estimate of drug-likeness (QED) is 0.600. The van der Waals surface area contributed by atoms with Crippen molar-refractivity contribution >= 4 is 20.3 Å². The molecule has 0 aromatic heterocycles. The first kappa shape index (κ1) is 27.9. The second kappa shape index (κ2) is 14.4. The predicted octanol–water partition coefficient (Wildman–Crippen LogP) is 4.38. The molecule has 0 amide bonds. The van der Waals surface area contributed by atoms with Crippen LogP contribution in [0.2, 0.25) is 18.1 Å². The molecule has 0 bridgehead atoms. The summed E-state index contributed by atoms with van der Waals surface area (Å²) < 4.78 is 12.1. The number of aliphatic carboxylic acids is 2. The Morgan fingerprint density at radius 1 is 1.12 bits per heavy atom. The molecule has 2 atom stereocenters. The van der Waals surface area contributed by atoms with Crippen molar-refractivity contribution in [3.63, 3.8) is 0 Å². The molecule has 0 aromatic rings. The van der Waals surface area contributed by atoms with Crippen molar-refractivity contribution < 1.29 is 30.7 Å². The zero-order valence-corrected chi connectivity index (χ0v) is 16.8. The molecule has 148 valence electrons. The monoisotopic (exact) mass is 369 g/mol. The van der Waals surface area contributed by atoms with Gasteiger partial charge in [0.1, 0.15) is 0 Å². The number of aliphatic hydroxyl groups is 1. The largest absolute Gasteiger partial charge is 0.481 e. The van der Waals surface area contributed by atoms with Crippen LogP contribution in [-0.2, 0) is 14.0 Å². The first-order chi connectivity index (χ1) is 10.6. The Bertz CT molecular complexity index is 354. The van der Waals surface area contributed by atoms with Gasteiger partial charge in [-0.25, -0.2) is 0 Å². The van der Waals surface area contributed by atoms with Gasteiger partial charge in [-0.15, -0.1) is 0 Å². The molecule has 0 heterocycles. The van der Waals surface area contributed by atoms with Crippen molar-refractivity contribution in [1.82, 2.24) is 0 Å². The summed E-state index contributed by atoms with van der Waals surface area (Å²) in [4.78, 5) is 20.1. The molecule has 0 fully saturated rings. The highest BCUT2D eigenvalue weighted by Crippen LogP contribution is 2.37. The van der Waals surface area contributed by atoms with Crippen LogP contribution < -0.4 is 0 Å². The first-order valence-electron chi connectivity index (χ1n) is 8.40. The lowest BCUT2D eigenvalue weighted by Crippen LogP contribution is -2.43. The predicted molar refractivity (Wildman–Crippen MR) is 102 cm³/mol. The summed E-state index contributed by atoms with van der Waals surface area (Å²) in [6, 6.07) is 0. The Morgan fingerprint density at radius 2 is 1.46 bits per heavy atom. The van der Waals surface area contributed by atoms with Gasteiger partial charge in [0.25, 0.3) is 0 Å². The van der Waals surface area contributed by atoms with Crippen LogP contribution in [-0.4, -0.2) is 47.8 Å². The van der Waals surface area contributed by atoms with Gasteiger partial charge in [-0.2, -0.15) is 0 Å². The first-order valence-corrected chi connectivity index (χ1v) is 10.6. The summed E-state index contributed by atoms with van der Waals surface area (Å²) in [5, 5.41) is 25.0. The molecule has 0 saturated heterocycles. The fraction of sp³-hybridized carbons (Fsp3) is 0.882. The second-order valence-corrected chi connectivity index (χ2v) is 11.5. The van der Waals surface area contributed by atoms with Gasteiger partial charge in [0.15, 0.2) is 8.32 Å². The zero-order valence-electron chi connectivity index (χ0n) is 16.8. The molecule has 0 rings (SSSR count). The maximum Gasteiger partial charge on any atom is 0.305 e. The maximum absolute atomic E-state index is 10.5. The van der Waals surface area contributed by atoms with Crippen molar-refractivity contribution in [1.29, 1.82) is 0 Å². The molecule has 0 aliphatic carbocycles. The highest BCUT2D eigenvalue weighted by atomic mass is 28.4. The van der Waals surface area contributed by atoms with Gasteiger partial charge < -0.3 is 19.7 Å². The van der Waals surface area contributed by atoms with Crippen LogP contribution in [0.4, 0.5) is 0 Å². The van der Waals surface area contributed by atoms with Crippen LogP contribution in [0.25, 0.3) is 0 Å². The maximum atomic E-state index is 10.5. The van der Waals surface area contributed by atoms with Crippen molar-refractivity contribution in [3.05, 3.63) is 0 Å². The van der Waals surface area contributed by atoms with E-state index in [1.807, 2.05) is 6.92 Å². The van der Waals surface area contributed by atoms with Crippen molar-refractivity contribution in [3.8, 4) is 0 Å². The Hall–Kier alpha value is -0.923. The van der Waals surface area contributed by atoms with E-state index in [4.69, 9.17) is 21.1 Å². The Morgan fingerprint density at radius 3 is 1.62 bits per heavy atom. The molecule has 0 radical (unpaired) electrons. The second-order valence-electron chi connectivity index (χ2n) is 6.73. The lowest BCUT2D eigenvalue weighted by Gasteiger charge is -2.38. The van der Waals surface area contributed by atoms with Crippen LogP contribution in [0.5, 0.6) is 0 Å². The van der Waals surface area contributed by atoms with Gasteiger partial charge in [0.2, 0.25) is 0 Å². The number of aliphatic hydroxyl groups excluding tert-OH is 1. The summed E-state index contributed by atoms with van der Waals surface area (Å²) in [5.41, 5.74) is 0. The van der Waals surface area contributed by atoms with Gasteiger partial charge in [-0.3, -0.25) is 9.59 Å². The number of carboxylic acids is 2. The van der Waals surface area contributed by atoms with Crippen LogP contribution in [0, 0.1) is 0 Å². The number of carboxylic acid groups (broad SMARTS) is 2. The smallest absolute Gasteiger partial charge is 0.305 e. The molecule has 0 aromatic carbocycles. The van der Waals surface area contributed by atoms with E-state index in [9.17, 15) is 9.59 Å². The number of rotatable bonds is 6. The lowest BCUT2D eigenvalue weighted by molar-refractivity contribution is -0.139. The minimum Gasteiger partial charge on any atom is -0.481 e. The highest BCUT2D eigenvalue weighted by Gasteiger charge is 2.38. The van der Waals surface area contributed by atoms with E-state index < -0.39 is 26.4 Å². The molecule has 0 saturated carbocycles. The fourth-order valence-electron chi connectivity index (χ4n) is 1.22. The molecule has 3 N–H and O–H groups in total. The van der Waals surface area contributed by atoms with E-state index in [0.29, 0.717) is 6.90 Å². The third-order valence-corrected chi connectivity index (χ3v) is 7.84. The van der Waals surface area contributed by atoms with Gasteiger partial charge in [-0.05, 0) is 32.0 Å². The van der Waals surface area contributed by atoms with E-state index in [1.165, 1.54) is 6.92 Å². The molecule has 2 unspecified atom stereocenters. The van der Waals surface area contributed by atoms with Gasteiger partial charge in [0.05, 0.1) is 25.0 Å². The highest BCUT2D eigenvalue weighted by molar-refractivity contribution is 6.74. The Kier molecular flexibility index (Phi) is 16.8. The van der Waals surface area contributed by atoms with E-state index in [0.717, 1.165) is 0 Å². The summed E-state index contributed by atoms with van der Waals surface area (Å²) in [6.45, 7) is 16.3. The van der Waals surface area contributed by atoms with E-state index in [1.54, 1.807) is 6.92 Å². The minimum atomic E-state index is -1.80. The van der Waals surface area contributed by atoms with Gasteiger partial charge in [0, 0.05) is 1.37 Å². The molecular formula is C17H40O6Si. The van der Waals surface area contributed by atoms with E-state index in [-0.39, 0.29) is 31.4 Å². The average molecular weight is 370 g/mol. The SMILES string of the molecule is C.CC(CC(=O)O)O[Si](C)(C)C(C)(C)C.CC(O)CC(=O)O.[2H]CC. The minimum absolute atomic E-state index is 0. The summed E-state index contributed by atoms with van der Waals surface area (Å²) >= 11 is 0.